The highest BCUT2D eigenvalue weighted by molar-refractivity contribution is 8.28. The van der Waals surface area contributed by atoms with Crippen molar-refractivity contribution >= 4 is 10.3 Å². The fourth-order valence-corrected chi connectivity index (χ4v) is 2.40. The van der Waals surface area contributed by atoms with Crippen molar-refractivity contribution in [2.24, 2.45) is 0 Å². The Hall–Kier alpha value is 0.310. The van der Waals surface area contributed by atoms with Crippen LogP contribution in [0.25, 0.3) is 0 Å². The van der Waals surface area contributed by atoms with Crippen molar-refractivity contribution in [2.75, 3.05) is 18.8 Å². The van der Waals surface area contributed by atoms with Crippen molar-refractivity contribution in [2.45, 2.75) is 31.8 Å². The SMILES string of the molecule is CS(C)(C)OC1CCCC1. The Labute approximate surface area is 65.7 Å². The Kier molecular flexibility index (Phi) is 2.64. The van der Waals surface area contributed by atoms with Crippen LogP contribution in [0.1, 0.15) is 25.7 Å². The lowest BCUT2D eigenvalue weighted by Crippen LogP contribution is -2.10. The van der Waals surface area contributed by atoms with Gasteiger partial charge in [0, 0.05) is 0 Å². The molecule has 0 N–H and O–H groups in total. The van der Waals surface area contributed by atoms with Crippen molar-refractivity contribution in [3.8, 4) is 0 Å². The summed E-state index contributed by atoms with van der Waals surface area (Å²) in [6.45, 7) is 0. The number of rotatable bonds is 2. The number of hydrogen-bond donors (Lipinski definition) is 0. The monoisotopic (exact) mass is 162 g/mol. The van der Waals surface area contributed by atoms with E-state index in [0.29, 0.717) is 6.10 Å². The van der Waals surface area contributed by atoms with Gasteiger partial charge in [0.05, 0.1) is 6.10 Å². The molecule has 1 rings (SSSR count). The Bertz CT molecular complexity index is 100. The van der Waals surface area contributed by atoms with Crippen LogP contribution in [0.15, 0.2) is 0 Å². The van der Waals surface area contributed by atoms with Crippen LogP contribution in [0.2, 0.25) is 0 Å². The van der Waals surface area contributed by atoms with Crippen LogP contribution in [-0.2, 0) is 4.18 Å². The molecule has 2 heteroatoms. The molecular formula is C8H18OS. The topological polar surface area (TPSA) is 9.23 Å². The standard InChI is InChI=1S/C8H18OS/c1-10(2,3)9-8-6-4-5-7-8/h8H,4-7H2,1-3H3. The fourth-order valence-electron chi connectivity index (χ4n) is 1.39. The normalized spacial score (nSPS) is 23.5. The number of hydrogen-bond acceptors (Lipinski definition) is 1. The van der Waals surface area contributed by atoms with Gasteiger partial charge in [0.1, 0.15) is 0 Å². The first-order valence-corrected chi connectivity index (χ1v) is 6.73. The highest BCUT2D eigenvalue weighted by Crippen LogP contribution is 2.41. The van der Waals surface area contributed by atoms with E-state index in [0.717, 1.165) is 0 Å². The lowest BCUT2D eigenvalue weighted by atomic mass is 10.3. The average molecular weight is 162 g/mol. The summed E-state index contributed by atoms with van der Waals surface area (Å²) >= 11 is 0. The van der Waals surface area contributed by atoms with Gasteiger partial charge in [-0.05, 0) is 31.6 Å². The van der Waals surface area contributed by atoms with Crippen LogP contribution in [-0.4, -0.2) is 24.9 Å². The third kappa shape index (κ3) is 2.93. The van der Waals surface area contributed by atoms with E-state index >= 15 is 0 Å². The minimum atomic E-state index is -0.708. The maximum absolute atomic E-state index is 5.88. The van der Waals surface area contributed by atoms with Gasteiger partial charge in [-0.1, -0.05) is 12.8 Å². The van der Waals surface area contributed by atoms with Crippen molar-refractivity contribution in [1.82, 2.24) is 0 Å². The van der Waals surface area contributed by atoms with E-state index in [4.69, 9.17) is 4.18 Å². The maximum Gasteiger partial charge on any atom is 0.0700 e. The highest BCUT2D eigenvalue weighted by atomic mass is 32.3. The van der Waals surface area contributed by atoms with E-state index in [9.17, 15) is 0 Å². The zero-order valence-electron chi connectivity index (χ0n) is 7.22. The van der Waals surface area contributed by atoms with Crippen molar-refractivity contribution < 1.29 is 4.18 Å². The molecule has 1 aliphatic carbocycles. The van der Waals surface area contributed by atoms with E-state index in [-0.39, 0.29) is 0 Å². The quantitative estimate of drug-likeness (QED) is 0.606. The summed E-state index contributed by atoms with van der Waals surface area (Å²) in [5.74, 6) is 0. The molecule has 0 aromatic heterocycles. The molecule has 0 heterocycles. The van der Waals surface area contributed by atoms with Gasteiger partial charge < -0.3 is 4.18 Å². The summed E-state index contributed by atoms with van der Waals surface area (Å²) in [5.41, 5.74) is 0. The van der Waals surface area contributed by atoms with Crippen molar-refractivity contribution in [1.29, 1.82) is 0 Å². The smallest absolute Gasteiger partial charge is 0.0700 e. The molecule has 0 spiro atoms. The largest absolute Gasteiger partial charge is 0.334 e. The van der Waals surface area contributed by atoms with Gasteiger partial charge in [-0.25, -0.2) is 0 Å². The zero-order chi connectivity index (χ0) is 7.61. The first kappa shape index (κ1) is 8.41. The van der Waals surface area contributed by atoms with Gasteiger partial charge >= 0.3 is 0 Å². The zero-order valence-corrected chi connectivity index (χ0v) is 8.04. The third-order valence-electron chi connectivity index (χ3n) is 1.73. The summed E-state index contributed by atoms with van der Waals surface area (Å²) in [6, 6.07) is 0. The van der Waals surface area contributed by atoms with Gasteiger partial charge in [0.25, 0.3) is 0 Å². The minimum Gasteiger partial charge on any atom is -0.334 e. The Morgan fingerprint density at radius 2 is 1.60 bits per heavy atom. The van der Waals surface area contributed by atoms with Crippen LogP contribution in [0.3, 0.4) is 0 Å². The molecule has 0 unspecified atom stereocenters. The molecular weight excluding hydrogens is 144 g/mol. The molecule has 62 valence electrons. The summed E-state index contributed by atoms with van der Waals surface area (Å²) < 4.78 is 5.88. The molecule has 0 aromatic rings. The Morgan fingerprint density at radius 1 is 1.10 bits per heavy atom. The second-order valence-corrected chi connectivity index (χ2v) is 7.37. The predicted octanol–water partition coefficient (Wildman–Crippen LogP) is 2.55. The van der Waals surface area contributed by atoms with Crippen molar-refractivity contribution in [3.05, 3.63) is 0 Å². The van der Waals surface area contributed by atoms with Gasteiger partial charge in [-0.2, -0.15) is 0 Å². The van der Waals surface area contributed by atoms with Gasteiger partial charge in [-0.3, -0.25) is 0 Å². The predicted molar refractivity (Wildman–Crippen MR) is 48.7 cm³/mol. The molecule has 0 saturated heterocycles. The van der Waals surface area contributed by atoms with Crippen molar-refractivity contribution in [3.63, 3.8) is 0 Å². The maximum atomic E-state index is 5.88. The van der Waals surface area contributed by atoms with E-state index in [2.05, 4.69) is 18.8 Å². The average Bonchev–Trinajstić information content (AvgIpc) is 2.12. The lowest BCUT2D eigenvalue weighted by Gasteiger charge is -2.29. The van der Waals surface area contributed by atoms with E-state index in [1.807, 2.05) is 0 Å². The molecule has 1 aliphatic rings. The molecule has 0 amide bonds. The van der Waals surface area contributed by atoms with Gasteiger partial charge in [0.15, 0.2) is 0 Å². The molecule has 1 fully saturated rings. The molecule has 0 radical (unpaired) electrons. The third-order valence-corrected chi connectivity index (χ3v) is 2.58. The lowest BCUT2D eigenvalue weighted by molar-refractivity contribution is 0.242. The van der Waals surface area contributed by atoms with Crippen LogP contribution < -0.4 is 0 Å². The molecule has 0 bridgehead atoms. The van der Waals surface area contributed by atoms with Gasteiger partial charge in [-0.15, -0.1) is 10.3 Å². The van der Waals surface area contributed by atoms with Crippen LogP contribution in [0.4, 0.5) is 0 Å². The molecule has 10 heavy (non-hydrogen) atoms. The van der Waals surface area contributed by atoms with Crippen LogP contribution in [0.5, 0.6) is 0 Å². The van der Waals surface area contributed by atoms with E-state index < -0.39 is 10.3 Å². The molecule has 0 atom stereocenters. The van der Waals surface area contributed by atoms with Gasteiger partial charge in [0.2, 0.25) is 0 Å². The second kappa shape index (κ2) is 3.14. The summed E-state index contributed by atoms with van der Waals surface area (Å²) in [5, 5.41) is 0. The highest BCUT2D eigenvalue weighted by Gasteiger charge is 2.19. The fraction of sp³-hybridized carbons (Fsp3) is 1.00. The molecule has 1 saturated carbocycles. The summed E-state index contributed by atoms with van der Waals surface area (Å²) in [4.78, 5) is 0. The summed E-state index contributed by atoms with van der Waals surface area (Å²) in [6.07, 6.45) is 12.6. The minimum absolute atomic E-state index is 0.593. The second-order valence-electron chi connectivity index (χ2n) is 3.73. The van der Waals surface area contributed by atoms with E-state index in [1.54, 1.807) is 0 Å². The van der Waals surface area contributed by atoms with E-state index in [1.165, 1.54) is 25.7 Å². The molecule has 1 nitrogen and oxygen atoms in total. The van der Waals surface area contributed by atoms with Crippen LogP contribution >= 0.6 is 10.3 Å². The molecule has 0 aliphatic heterocycles. The molecule has 0 aromatic carbocycles. The van der Waals surface area contributed by atoms with Crippen LogP contribution in [0, 0.1) is 0 Å². The Balaban J connectivity index is 2.24. The first-order chi connectivity index (χ1) is 4.58. The Morgan fingerprint density at radius 3 is 2.00 bits per heavy atom. The summed E-state index contributed by atoms with van der Waals surface area (Å²) in [7, 11) is -0.708. The first-order valence-electron chi connectivity index (χ1n) is 3.94.